The van der Waals surface area contributed by atoms with Crippen molar-refractivity contribution in [2.45, 2.75) is 6.92 Å². The van der Waals surface area contributed by atoms with Crippen molar-refractivity contribution in [1.29, 1.82) is 0 Å². The minimum absolute atomic E-state index is 0.0380. The highest BCUT2D eigenvalue weighted by Gasteiger charge is 2.04. The zero-order chi connectivity index (χ0) is 12.0. The molecule has 0 aliphatic heterocycles. The van der Waals surface area contributed by atoms with Crippen molar-refractivity contribution in [3.8, 4) is 5.75 Å². The van der Waals surface area contributed by atoms with Gasteiger partial charge in [-0.2, -0.15) is 0 Å². The zero-order valence-corrected chi connectivity index (χ0v) is 9.35. The Kier molecular flexibility index (Phi) is 4.60. The second-order valence-electron chi connectivity index (χ2n) is 3.06. The number of aryl methyl sites for hydroxylation is 1. The van der Waals surface area contributed by atoms with E-state index in [1.54, 1.807) is 12.1 Å². The van der Waals surface area contributed by atoms with E-state index in [9.17, 15) is 0 Å². The smallest absolute Gasteiger partial charge is 0.138 e. The Bertz CT molecular complexity index is 419. The Labute approximate surface area is 97.6 Å². The molecule has 0 radical (unpaired) electrons. The summed E-state index contributed by atoms with van der Waals surface area (Å²) in [7, 11) is 0. The molecule has 0 aliphatic carbocycles. The Morgan fingerprint density at radius 2 is 2.25 bits per heavy atom. The molecule has 0 saturated carbocycles. The Balaban J connectivity index is 2.70. The molecular formula is C10H11ClN2O3. The van der Waals surface area contributed by atoms with Gasteiger partial charge in [-0.05, 0) is 24.6 Å². The number of rotatable bonds is 4. The number of oxime groups is 2. The number of hydrogen-bond donors (Lipinski definition) is 2. The highest BCUT2D eigenvalue weighted by atomic mass is 35.5. The van der Waals surface area contributed by atoms with Crippen LogP contribution in [0, 0.1) is 6.92 Å². The van der Waals surface area contributed by atoms with Gasteiger partial charge in [-0.1, -0.05) is 28.0 Å². The number of nitrogens with zero attached hydrogens (tertiary/aromatic N) is 2. The summed E-state index contributed by atoms with van der Waals surface area (Å²) in [5, 5.41) is 22.9. The number of halogens is 1. The summed E-state index contributed by atoms with van der Waals surface area (Å²) in [6, 6.07) is 5.32. The first-order valence-corrected chi connectivity index (χ1v) is 4.82. The van der Waals surface area contributed by atoms with Crippen molar-refractivity contribution in [2.75, 3.05) is 6.61 Å². The van der Waals surface area contributed by atoms with Gasteiger partial charge in [0.05, 0.1) is 11.2 Å². The molecule has 0 heterocycles. The summed E-state index contributed by atoms with van der Waals surface area (Å²) in [6.45, 7) is 1.86. The van der Waals surface area contributed by atoms with Crippen LogP contribution in [-0.4, -0.2) is 28.9 Å². The lowest BCUT2D eigenvalue weighted by Crippen LogP contribution is -2.13. The third-order valence-corrected chi connectivity index (χ3v) is 2.11. The first kappa shape index (κ1) is 12.3. The Morgan fingerprint density at radius 1 is 1.50 bits per heavy atom. The van der Waals surface area contributed by atoms with Crippen LogP contribution in [0.2, 0.25) is 5.02 Å². The van der Waals surface area contributed by atoms with Crippen LogP contribution in [0.4, 0.5) is 0 Å². The van der Waals surface area contributed by atoms with Crippen molar-refractivity contribution in [2.24, 2.45) is 10.3 Å². The highest BCUT2D eigenvalue weighted by Crippen LogP contribution is 2.24. The van der Waals surface area contributed by atoms with Crippen molar-refractivity contribution in [1.82, 2.24) is 0 Å². The standard InChI is InChI=1S/C10H11ClN2O3/c1-7-2-3-9(11)10(4-7)16-6-8(13-15)5-12-14/h2-5,14-15H,6H2,1H3/b12-5+,13-8+. The van der Waals surface area contributed by atoms with E-state index in [-0.39, 0.29) is 12.3 Å². The molecule has 0 aromatic heterocycles. The molecule has 0 fully saturated rings. The predicted molar refractivity (Wildman–Crippen MR) is 61.2 cm³/mol. The summed E-state index contributed by atoms with van der Waals surface area (Å²) < 4.78 is 5.30. The van der Waals surface area contributed by atoms with E-state index in [4.69, 9.17) is 26.8 Å². The lowest BCUT2D eigenvalue weighted by Gasteiger charge is -2.07. The van der Waals surface area contributed by atoms with Gasteiger partial charge in [0.15, 0.2) is 0 Å². The summed E-state index contributed by atoms with van der Waals surface area (Å²) in [6.07, 6.45) is 0.976. The lowest BCUT2D eigenvalue weighted by atomic mass is 10.2. The molecule has 0 amide bonds. The maximum absolute atomic E-state index is 8.53. The van der Waals surface area contributed by atoms with Crippen LogP contribution in [0.1, 0.15) is 5.56 Å². The molecule has 1 rings (SSSR count). The molecule has 0 saturated heterocycles. The first-order valence-electron chi connectivity index (χ1n) is 4.44. The SMILES string of the molecule is Cc1ccc(Cl)c(OCC(/C=N/O)=N/O)c1. The summed E-state index contributed by atoms with van der Waals surface area (Å²) >= 11 is 5.89. The van der Waals surface area contributed by atoms with Crippen LogP contribution >= 0.6 is 11.6 Å². The summed E-state index contributed by atoms with van der Waals surface area (Å²) in [5.74, 6) is 0.481. The fraction of sp³-hybridized carbons (Fsp3) is 0.200. The maximum Gasteiger partial charge on any atom is 0.138 e. The predicted octanol–water partition coefficient (Wildman–Crippen LogP) is 2.32. The van der Waals surface area contributed by atoms with E-state index in [1.807, 2.05) is 13.0 Å². The molecule has 0 aliphatic rings. The van der Waals surface area contributed by atoms with Gasteiger partial charge in [-0.15, -0.1) is 0 Å². The van der Waals surface area contributed by atoms with Crippen molar-refractivity contribution in [3.63, 3.8) is 0 Å². The van der Waals surface area contributed by atoms with Crippen LogP contribution in [-0.2, 0) is 0 Å². The van der Waals surface area contributed by atoms with E-state index in [0.717, 1.165) is 11.8 Å². The lowest BCUT2D eigenvalue weighted by molar-refractivity contribution is 0.306. The van der Waals surface area contributed by atoms with E-state index >= 15 is 0 Å². The summed E-state index contributed by atoms with van der Waals surface area (Å²) in [5.41, 5.74) is 1.08. The van der Waals surface area contributed by atoms with Crippen molar-refractivity contribution < 1.29 is 15.2 Å². The minimum atomic E-state index is -0.0380. The molecular weight excluding hydrogens is 232 g/mol. The van der Waals surface area contributed by atoms with Gasteiger partial charge in [0.1, 0.15) is 18.1 Å². The second kappa shape index (κ2) is 5.97. The molecule has 2 N–H and O–H groups in total. The third-order valence-electron chi connectivity index (χ3n) is 1.80. The van der Waals surface area contributed by atoms with Gasteiger partial charge in [0, 0.05) is 0 Å². The second-order valence-corrected chi connectivity index (χ2v) is 3.47. The van der Waals surface area contributed by atoms with Crippen LogP contribution in [0.15, 0.2) is 28.5 Å². The topological polar surface area (TPSA) is 74.4 Å². The fourth-order valence-corrected chi connectivity index (χ4v) is 1.20. The average molecular weight is 243 g/mol. The quantitative estimate of drug-likeness (QED) is 0.483. The monoisotopic (exact) mass is 242 g/mol. The van der Waals surface area contributed by atoms with E-state index in [1.165, 1.54) is 0 Å². The van der Waals surface area contributed by atoms with E-state index in [2.05, 4.69) is 10.3 Å². The van der Waals surface area contributed by atoms with Crippen LogP contribution in [0.3, 0.4) is 0 Å². The van der Waals surface area contributed by atoms with Crippen molar-refractivity contribution in [3.05, 3.63) is 28.8 Å². The van der Waals surface area contributed by atoms with Crippen molar-refractivity contribution >= 4 is 23.5 Å². The molecule has 6 heteroatoms. The number of benzene rings is 1. The highest BCUT2D eigenvalue weighted by molar-refractivity contribution is 6.32. The zero-order valence-electron chi connectivity index (χ0n) is 8.59. The average Bonchev–Trinajstić information content (AvgIpc) is 2.28. The van der Waals surface area contributed by atoms with Gasteiger partial charge in [0.2, 0.25) is 0 Å². The molecule has 0 bridgehead atoms. The fourth-order valence-electron chi connectivity index (χ4n) is 1.03. The normalized spacial score (nSPS) is 12.0. The number of ether oxygens (including phenoxy) is 1. The molecule has 1 aromatic rings. The van der Waals surface area contributed by atoms with Gasteiger partial charge in [-0.3, -0.25) is 0 Å². The van der Waals surface area contributed by atoms with Gasteiger partial charge < -0.3 is 15.2 Å². The van der Waals surface area contributed by atoms with Gasteiger partial charge >= 0.3 is 0 Å². The van der Waals surface area contributed by atoms with Gasteiger partial charge in [0.25, 0.3) is 0 Å². The molecule has 0 spiro atoms. The largest absolute Gasteiger partial charge is 0.486 e. The van der Waals surface area contributed by atoms with E-state index in [0.29, 0.717) is 10.8 Å². The molecule has 1 aromatic carbocycles. The molecule has 86 valence electrons. The number of hydrogen-bond acceptors (Lipinski definition) is 5. The third kappa shape index (κ3) is 3.43. The minimum Gasteiger partial charge on any atom is -0.486 e. The van der Waals surface area contributed by atoms with Crippen LogP contribution < -0.4 is 4.74 Å². The first-order chi connectivity index (χ1) is 7.67. The van der Waals surface area contributed by atoms with Crippen LogP contribution in [0.25, 0.3) is 0 Å². The van der Waals surface area contributed by atoms with E-state index < -0.39 is 0 Å². The Hall–Kier alpha value is -1.75. The van der Waals surface area contributed by atoms with Gasteiger partial charge in [-0.25, -0.2) is 0 Å². The molecule has 0 unspecified atom stereocenters. The summed E-state index contributed by atoms with van der Waals surface area (Å²) in [4.78, 5) is 0. The maximum atomic E-state index is 8.53. The molecule has 16 heavy (non-hydrogen) atoms. The Morgan fingerprint density at radius 3 is 2.88 bits per heavy atom. The molecule has 5 nitrogen and oxygen atoms in total. The van der Waals surface area contributed by atoms with Crippen LogP contribution in [0.5, 0.6) is 5.75 Å². The molecule has 0 atom stereocenters.